The van der Waals surface area contributed by atoms with E-state index in [2.05, 4.69) is 5.32 Å². The number of hydrogen-bond donors (Lipinski definition) is 2. The molecule has 114 valence electrons. The van der Waals surface area contributed by atoms with E-state index in [4.69, 9.17) is 4.74 Å². The van der Waals surface area contributed by atoms with Crippen molar-refractivity contribution in [2.24, 2.45) is 11.8 Å². The van der Waals surface area contributed by atoms with Crippen LogP contribution in [0.5, 0.6) is 5.75 Å². The van der Waals surface area contributed by atoms with E-state index in [1.54, 1.807) is 18.2 Å². The van der Waals surface area contributed by atoms with Crippen molar-refractivity contribution in [3.05, 3.63) is 24.3 Å². The number of amides is 1. The van der Waals surface area contributed by atoms with Crippen LogP contribution < -0.4 is 10.1 Å². The number of carboxylic acid groups (broad SMARTS) is 1. The largest absolute Gasteiger partial charge is 0.494 e. The van der Waals surface area contributed by atoms with Crippen LogP contribution >= 0.6 is 0 Å². The molecule has 1 fully saturated rings. The number of hydrogen-bond acceptors (Lipinski definition) is 3. The second kappa shape index (κ2) is 7.11. The summed E-state index contributed by atoms with van der Waals surface area (Å²) in [6, 6.07) is 7.15. The lowest BCUT2D eigenvalue weighted by Crippen LogP contribution is -2.36. The van der Waals surface area contributed by atoms with Gasteiger partial charge in [0.2, 0.25) is 5.91 Å². The third-order valence-electron chi connectivity index (χ3n) is 3.83. The van der Waals surface area contributed by atoms with Crippen molar-refractivity contribution >= 4 is 17.6 Å². The second-order valence-corrected chi connectivity index (χ2v) is 5.29. The fraction of sp³-hybridized carbons (Fsp3) is 0.500. The lowest BCUT2D eigenvalue weighted by molar-refractivity contribution is -0.147. The van der Waals surface area contributed by atoms with E-state index in [0.29, 0.717) is 30.9 Å². The summed E-state index contributed by atoms with van der Waals surface area (Å²) in [7, 11) is 0. The zero-order valence-corrected chi connectivity index (χ0v) is 12.2. The summed E-state index contributed by atoms with van der Waals surface area (Å²) >= 11 is 0. The van der Waals surface area contributed by atoms with Gasteiger partial charge in [0.25, 0.3) is 0 Å². The summed E-state index contributed by atoms with van der Waals surface area (Å²) in [5.41, 5.74) is 0.640. The first-order chi connectivity index (χ1) is 10.1. The molecule has 2 rings (SSSR count). The summed E-state index contributed by atoms with van der Waals surface area (Å²) < 4.78 is 5.39. The molecule has 1 aliphatic carbocycles. The first kappa shape index (κ1) is 15.4. The molecule has 0 bridgehead atoms. The first-order valence-corrected chi connectivity index (χ1v) is 7.38. The lowest BCUT2D eigenvalue weighted by Gasteiger charge is -2.27. The Kier molecular flexibility index (Phi) is 5.20. The van der Waals surface area contributed by atoms with Gasteiger partial charge in [0.05, 0.1) is 18.4 Å². The van der Waals surface area contributed by atoms with Crippen molar-refractivity contribution in [3.63, 3.8) is 0 Å². The molecule has 0 unspecified atom stereocenters. The lowest BCUT2D eigenvalue weighted by atomic mass is 9.78. The standard InChI is InChI=1S/C16H21NO4/c1-2-21-12-7-5-6-11(10-12)17-15(18)13-8-3-4-9-14(13)16(19)20/h5-7,10,13-14H,2-4,8-9H2,1H3,(H,17,18)(H,19,20)/t13-,14+/m1/s1. The molecular formula is C16H21NO4. The Hall–Kier alpha value is -2.04. The van der Waals surface area contributed by atoms with Gasteiger partial charge in [-0.25, -0.2) is 0 Å². The molecule has 0 saturated heterocycles. The van der Waals surface area contributed by atoms with E-state index in [9.17, 15) is 14.7 Å². The number of carbonyl (C=O) groups excluding carboxylic acids is 1. The van der Waals surface area contributed by atoms with Gasteiger partial charge in [-0.1, -0.05) is 18.9 Å². The monoisotopic (exact) mass is 291 g/mol. The number of aliphatic carboxylic acids is 1. The minimum Gasteiger partial charge on any atom is -0.494 e. The maximum Gasteiger partial charge on any atom is 0.307 e. The zero-order valence-electron chi connectivity index (χ0n) is 12.2. The van der Waals surface area contributed by atoms with Gasteiger partial charge in [-0.05, 0) is 31.9 Å². The van der Waals surface area contributed by atoms with Crippen LogP contribution in [0.2, 0.25) is 0 Å². The van der Waals surface area contributed by atoms with Crippen LogP contribution in [0.4, 0.5) is 5.69 Å². The molecule has 5 heteroatoms. The van der Waals surface area contributed by atoms with Crippen LogP contribution in [-0.2, 0) is 9.59 Å². The molecule has 0 radical (unpaired) electrons. The first-order valence-electron chi connectivity index (χ1n) is 7.38. The van der Waals surface area contributed by atoms with E-state index in [-0.39, 0.29) is 5.91 Å². The Balaban J connectivity index is 2.05. The van der Waals surface area contributed by atoms with E-state index < -0.39 is 17.8 Å². The van der Waals surface area contributed by atoms with Crippen LogP contribution in [0.25, 0.3) is 0 Å². The van der Waals surface area contributed by atoms with Crippen molar-refractivity contribution < 1.29 is 19.4 Å². The Morgan fingerprint density at radius 3 is 2.67 bits per heavy atom. The molecule has 21 heavy (non-hydrogen) atoms. The number of rotatable bonds is 5. The molecule has 0 spiro atoms. The third kappa shape index (κ3) is 3.97. The molecule has 0 aliphatic heterocycles. The third-order valence-corrected chi connectivity index (χ3v) is 3.83. The predicted molar refractivity (Wildman–Crippen MR) is 79.3 cm³/mol. The van der Waals surface area contributed by atoms with Gasteiger partial charge >= 0.3 is 5.97 Å². The van der Waals surface area contributed by atoms with Crippen LogP contribution in [-0.4, -0.2) is 23.6 Å². The van der Waals surface area contributed by atoms with Crippen molar-refractivity contribution in [3.8, 4) is 5.75 Å². The Morgan fingerprint density at radius 1 is 1.29 bits per heavy atom. The zero-order chi connectivity index (χ0) is 15.2. The molecule has 2 atom stereocenters. The minimum absolute atomic E-state index is 0.212. The quantitative estimate of drug-likeness (QED) is 0.874. The van der Waals surface area contributed by atoms with Crippen LogP contribution in [0.1, 0.15) is 32.6 Å². The molecule has 1 aliphatic rings. The average Bonchev–Trinajstić information content (AvgIpc) is 2.48. The highest BCUT2D eigenvalue weighted by Gasteiger charge is 2.35. The number of ether oxygens (including phenoxy) is 1. The molecule has 0 aromatic heterocycles. The maximum absolute atomic E-state index is 12.3. The van der Waals surface area contributed by atoms with Crippen LogP contribution in [0.15, 0.2) is 24.3 Å². The van der Waals surface area contributed by atoms with Gasteiger partial charge in [-0.3, -0.25) is 9.59 Å². The number of benzene rings is 1. The summed E-state index contributed by atoms with van der Waals surface area (Å²) in [6.45, 7) is 2.45. The molecule has 0 heterocycles. The molecular weight excluding hydrogens is 270 g/mol. The normalized spacial score (nSPS) is 21.6. The number of carboxylic acids is 1. The average molecular weight is 291 g/mol. The van der Waals surface area contributed by atoms with E-state index in [1.807, 2.05) is 13.0 Å². The number of nitrogens with one attached hydrogen (secondary N) is 1. The maximum atomic E-state index is 12.3. The second-order valence-electron chi connectivity index (χ2n) is 5.29. The van der Waals surface area contributed by atoms with Crippen molar-refractivity contribution in [1.82, 2.24) is 0 Å². The van der Waals surface area contributed by atoms with Gasteiger partial charge in [-0.15, -0.1) is 0 Å². The number of anilines is 1. The molecule has 5 nitrogen and oxygen atoms in total. The van der Waals surface area contributed by atoms with Gasteiger partial charge in [0, 0.05) is 11.8 Å². The highest BCUT2D eigenvalue weighted by molar-refractivity contribution is 5.95. The fourth-order valence-corrected chi connectivity index (χ4v) is 2.81. The van der Waals surface area contributed by atoms with Gasteiger partial charge in [-0.2, -0.15) is 0 Å². The summed E-state index contributed by atoms with van der Waals surface area (Å²) in [5.74, 6) is -1.43. The summed E-state index contributed by atoms with van der Waals surface area (Å²) in [6.07, 6.45) is 2.99. The Morgan fingerprint density at radius 2 is 2.00 bits per heavy atom. The Labute approximate surface area is 124 Å². The highest BCUT2D eigenvalue weighted by Crippen LogP contribution is 2.31. The van der Waals surface area contributed by atoms with Crippen LogP contribution in [0, 0.1) is 11.8 Å². The molecule has 1 aromatic rings. The van der Waals surface area contributed by atoms with Gasteiger partial charge in [0.15, 0.2) is 0 Å². The topological polar surface area (TPSA) is 75.6 Å². The summed E-state index contributed by atoms with van der Waals surface area (Å²) in [4.78, 5) is 23.6. The predicted octanol–water partition coefficient (Wildman–Crippen LogP) is 2.91. The van der Waals surface area contributed by atoms with E-state index in [0.717, 1.165) is 12.8 Å². The fourth-order valence-electron chi connectivity index (χ4n) is 2.81. The van der Waals surface area contributed by atoms with Crippen LogP contribution in [0.3, 0.4) is 0 Å². The van der Waals surface area contributed by atoms with E-state index >= 15 is 0 Å². The van der Waals surface area contributed by atoms with Crippen molar-refractivity contribution in [1.29, 1.82) is 0 Å². The minimum atomic E-state index is -0.877. The molecule has 1 amide bonds. The number of carbonyl (C=O) groups is 2. The highest BCUT2D eigenvalue weighted by atomic mass is 16.5. The summed E-state index contributed by atoms with van der Waals surface area (Å²) in [5, 5.41) is 12.1. The molecule has 2 N–H and O–H groups in total. The van der Waals surface area contributed by atoms with Gasteiger partial charge < -0.3 is 15.2 Å². The van der Waals surface area contributed by atoms with E-state index in [1.165, 1.54) is 0 Å². The Bertz CT molecular complexity index is 515. The molecule has 1 saturated carbocycles. The smallest absolute Gasteiger partial charge is 0.307 e. The van der Waals surface area contributed by atoms with Crippen molar-refractivity contribution in [2.45, 2.75) is 32.6 Å². The molecule has 1 aromatic carbocycles. The van der Waals surface area contributed by atoms with Crippen molar-refractivity contribution in [2.75, 3.05) is 11.9 Å². The van der Waals surface area contributed by atoms with Gasteiger partial charge in [0.1, 0.15) is 5.75 Å². The SMILES string of the molecule is CCOc1cccc(NC(=O)[C@@H]2CCCC[C@@H]2C(=O)O)c1.